The number of benzene rings is 1. The maximum Gasteiger partial charge on any atom is 0.338 e. The summed E-state index contributed by atoms with van der Waals surface area (Å²) in [5.41, 5.74) is 1.23. The van der Waals surface area contributed by atoms with Gasteiger partial charge in [0.05, 0.1) is 36.6 Å². The fraction of sp³-hybridized carbons (Fsp3) is 0.370. The van der Waals surface area contributed by atoms with E-state index in [1.165, 1.54) is 15.9 Å². The van der Waals surface area contributed by atoms with Gasteiger partial charge in [-0.15, -0.1) is 0 Å². The molecule has 1 aliphatic heterocycles. The summed E-state index contributed by atoms with van der Waals surface area (Å²) < 4.78 is 24.4. The summed E-state index contributed by atoms with van der Waals surface area (Å²) in [6.07, 6.45) is 3.01. The zero-order valence-corrected chi connectivity index (χ0v) is 22.7. The van der Waals surface area contributed by atoms with E-state index in [2.05, 4.69) is 0 Å². The quantitative estimate of drug-likeness (QED) is 0.396. The van der Waals surface area contributed by atoms with Gasteiger partial charge in [0.1, 0.15) is 23.3 Å². The van der Waals surface area contributed by atoms with Crippen LogP contribution in [-0.4, -0.2) is 45.5 Å². The molecule has 0 spiro atoms. The minimum atomic E-state index is -0.807. The summed E-state index contributed by atoms with van der Waals surface area (Å²) in [7, 11) is 6.87. The van der Waals surface area contributed by atoms with E-state index in [0.717, 1.165) is 6.42 Å². The summed E-state index contributed by atoms with van der Waals surface area (Å²) in [5, 5.41) is 0. The first-order chi connectivity index (χ1) is 17.8. The molecule has 0 radical (unpaired) electrons. The minimum Gasteiger partial charge on any atom is -0.497 e. The first-order valence-electron chi connectivity index (χ1n) is 12.0. The second-order valence-electron chi connectivity index (χ2n) is 8.59. The fourth-order valence-electron chi connectivity index (χ4n) is 4.26. The summed E-state index contributed by atoms with van der Waals surface area (Å²) in [6.45, 7) is 3.96. The molecule has 37 heavy (non-hydrogen) atoms. The van der Waals surface area contributed by atoms with Crippen molar-refractivity contribution >= 4 is 29.3 Å². The third-order valence-electron chi connectivity index (χ3n) is 5.95. The molecule has 0 bridgehead atoms. The van der Waals surface area contributed by atoms with Gasteiger partial charge < -0.3 is 23.5 Å². The van der Waals surface area contributed by atoms with Crippen molar-refractivity contribution in [3.63, 3.8) is 0 Å². The highest BCUT2D eigenvalue weighted by Crippen LogP contribution is 2.38. The molecule has 3 heterocycles. The molecule has 10 heteroatoms. The van der Waals surface area contributed by atoms with Crippen molar-refractivity contribution in [1.29, 1.82) is 0 Å². The van der Waals surface area contributed by atoms with Gasteiger partial charge in [-0.3, -0.25) is 9.36 Å². The van der Waals surface area contributed by atoms with Gasteiger partial charge >= 0.3 is 5.97 Å². The number of rotatable bonds is 9. The number of esters is 1. The normalized spacial score (nSPS) is 15.3. The van der Waals surface area contributed by atoms with Crippen molar-refractivity contribution in [1.82, 2.24) is 4.57 Å². The van der Waals surface area contributed by atoms with Gasteiger partial charge in [0.2, 0.25) is 0 Å². The molecule has 0 aliphatic carbocycles. The van der Waals surface area contributed by atoms with E-state index in [0.29, 0.717) is 55.7 Å². The number of fused-ring (bicyclic) bond motifs is 1. The number of hydrogen-bond acceptors (Lipinski definition) is 9. The van der Waals surface area contributed by atoms with Gasteiger partial charge in [-0.2, -0.15) is 0 Å². The van der Waals surface area contributed by atoms with Crippen LogP contribution in [0.2, 0.25) is 0 Å². The van der Waals surface area contributed by atoms with Crippen LogP contribution in [0.1, 0.15) is 44.1 Å². The number of carbonyl (C=O) groups is 1. The van der Waals surface area contributed by atoms with Crippen LogP contribution < -0.4 is 29.3 Å². The second-order valence-corrected chi connectivity index (χ2v) is 9.60. The smallest absolute Gasteiger partial charge is 0.338 e. The molecule has 1 aromatic carbocycles. The number of aromatic nitrogens is 1. The van der Waals surface area contributed by atoms with Gasteiger partial charge in [-0.25, -0.2) is 9.79 Å². The van der Waals surface area contributed by atoms with Crippen LogP contribution >= 0.6 is 11.3 Å². The molecule has 9 nitrogen and oxygen atoms in total. The van der Waals surface area contributed by atoms with Crippen LogP contribution in [0.5, 0.6) is 11.5 Å². The lowest BCUT2D eigenvalue weighted by Gasteiger charge is -2.27. The van der Waals surface area contributed by atoms with Crippen LogP contribution in [0.25, 0.3) is 6.08 Å². The average molecular weight is 526 g/mol. The van der Waals surface area contributed by atoms with Gasteiger partial charge in [-0.1, -0.05) is 24.7 Å². The zero-order chi connectivity index (χ0) is 26.7. The third kappa shape index (κ3) is 5.06. The van der Waals surface area contributed by atoms with E-state index in [9.17, 15) is 9.59 Å². The molecule has 0 saturated carbocycles. The fourth-order valence-corrected chi connectivity index (χ4v) is 5.26. The monoisotopic (exact) mass is 525 g/mol. The lowest BCUT2D eigenvalue weighted by molar-refractivity contribution is -0.139. The number of allylic oxidation sites excluding steroid dienone is 1. The first kappa shape index (κ1) is 26.3. The maximum absolute atomic E-state index is 13.9. The van der Waals surface area contributed by atoms with E-state index in [-0.39, 0.29) is 12.2 Å². The van der Waals surface area contributed by atoms with E-state index in [4.69, 9.17) is 23.6 Å². The van der Waals surface area contributed by atoms with Crippen molar-refractivity contribution in [2.24, 2.45) is 4.99 Å². The Morgan fingerprint density at radius 1 is 1.19 bits per heavy atom. The van der Waals surface area contributed by atoms with Gasteiger partial charge in [-0.05, 0) is 37.6 Å². The Kier molecular flexibility index (Phi) is 7.87. The number of anilines is 1. The predicted molar refractivity (Wildman–Crippen MR) is 142 cm³/mol. The Bertz CT molecular complexity index is 1510. The lowest BCUT2D eigenvalue weighted by atomic mass is 9.93. The molecule has 0 fully saturated rings. The summed E-state index contributed by atoms with van der Waals surface area (Å²) in [6, 6.07) is 8.15. The van der Waals surface area contributed by atoms with E-state index in [1.807, 2.05) is 38.1 Å². The molecule has 2 aromatic heterocycles. The van der Waals surface area contributed by atoms with Crippen LogP contribution in [0, 0.1) is 0 Å². The number of methoxy groups -OCH3 is 2. The number of thiazole rings is 1. The van der Waals surface area contributed by atoms with E-state index in [1.54, 1.807) is 45.4 Å². The number of ether oxygens (including phenoxy) is 3. The molecule has 4 rings (SSSR count). The number of nitrogens with zero attached hydrogens (tertiary/aromatic N) is 3. The maximum atomic E-state index is 13.9. The van der Waals surface area contributed by atoms with E-state index < -0.39 is 12.0 Å². The topological polar surface area (TPSA) is 95.5 Å². The highest BCUT2D eigenvalue weighted by molar-refractivity contribution is 7.07. The Labute approximate surface area is 218 Å². The molecule has 196 valence electrons. The zero-order valence-electron chi connectivity index (χ0n) is 21.9. The van der Waals surface area contributed by atoms with Crippen molar-refractivity contribution in [2.75, 3.05) is 39.8 Å². The number of carbonyl (C=O) groups excluding carboxylic acids is 1. The van der Waals surface area contributed by atoms with Crippen LogP contribution in [0.3, 0.4) is 0 Å². The van der Waals surface area contributed by atoms with Gasteiger partial charge in [0.25, 0.3) is 5.56 Å². The molecule has 0 amide bonds. The number of furan rings is 1. The Morgan fingerprint density at radius 3 is 2.59 bits per heavy atom. The molecule has 1 atom stereocenters. The molecule has 1 aliphatic rings. The Balaban J connectivity index is 2.02. The number of hydrogen-bond donors (Lipinski definition) is 0. The highest BCUT2D eigenvalue weighted by Gasteiger charge is 2.36. The average Bonchev–Trinajstić information content (AvgIpc) is 3.48. The SMILES string of the molecule is CCCC1=C(C(=O)OCC)[C@@H](c2cc(OC)ccc2OC)n2c(s/c(=C\c3ccc(N(C)C)o3)c2=O)=N1. The molecule has 0 N–H and O–H groups in total. The van der Waals surface area contributed by atoms with Crippen molar-refractivity contribution in [3.05, 3.63) is 72.6 Å². The van der Waals surface area contributed by atoms with Gasteiger partial charge in [0.15, 0.2) is 10.7 Å². The van der Waals surface area contributed by atoms with Crippen LogP contribution in [0.15, 0.2) is 55.8 Å². The third-order valence-corrected chi connectivity index (χ3v) is 6.93. The van der Waals surface area contributed by atoms with Crippen LogP contribution in [-0.2, 0) is 9.53 Å². The standard InChI is InChI=1S/C27H31N3O6S/c1-7-9-19-23(26(32)35-8-2)24(18-14-16(33-5)10-12-20(18)34-6)30-25(31)21(37-27(30)28-19)15-17-11-13-22(36-17)29(3)4/h10-15,24H,7-9H2,1-6H3/b21-15-/t24-/m1/s1. The van der Waals surface area contributed by atoms with Gasteiger partial charge in [0, 0.05) is 31.8 Å². The van der Waals surface area contributed by atoms with Crippen molar-refractivity contribution in [3.8, 4) is 11.5 Å². The summed E-state index contributed by atoms with van der Waals surface area (Å²) in [5.74, 6) is 1.79. The summed E-state index contributed by atoms with van der Waals surface area (Å²) in [4.78, 5) is 34.3. The molecule has 0 saturated heterocycles. The molecular formula is C27H31N3O6S. The Hall–Kier alpha value is -3.79. The largest absolute Gasteiger partial charge is 0.497 e. The molecule has 0 unspecified atom stereocenters. The van der Waals surface area contributed by atoms with Crippen molar-refractivity contribution < 1.29 is 23.4 Å². The summed E-state index contributed by atoms with van der Waals surface area (Å²) >= 11 is 1.25. The second kappa shape index (κ2) is 11.1. The molecular weight excluding hydrogens is 494 g/mol. The van der Waals surface area contributed by atoms with Crippen LogP contribution in [0.4, 0.5) is 5.88 Å². The van der Waals surface area contributed by atoms with Crippen molar-refractivity contribution in [2.45, 2.75) is 32.7 Å². The Morgan fingerprint density at radius 2 is 1.97 bits per heavy atom. The molecule has 3 aromatic rings. The first-order valence-corrected chi connectivity index (χ1v) is 12.9. The predicted octanol–water partition coefficient (Wildman–Crippen LogP) is 3.25. The van der Waals surface area contributed by atoms with E-state index >= 15 is 0 Å². The highest BCUT2D eigenvalue weighted by atomic mass is 32.1. The minimum absolute atomic E-state index is 0.195. The lowest BCUT2D eigenvalue weighted by Crippen LogP contribution is -2.40.